The fourth-order valence-corrected chi connectivity index (χ4v) is 1.38. The van der Waals surface area contributed by atoms with Crippen LogP contribution in [0.2, 0.25) is 0 Å². The molecule has 0 bridgehead atoms. The zero-order valence-corrected chi connectivity index (χ0v) is 10.8. The molecule has 0 aliphatic rings. The van der Waals surface area contributed by atoms with E-state index in [-0.39, 0.29) is 12.4 Å². The number of hydrogen-bond donors (Lipinski definition) is 2. The molecule has 0 aromatic heterocycles. The van der Waals surface area contributed by atoms with Crippen molar-refractivity contribution in [3.05, 3.63) is 29.8 Å². The maximum absolute atomic E-state index is 11.7. The summed E-state index contributed by atoms with van der Waals surface area (Å²) in [7, 11) is 0. The molecular weight excluding hydrogens is 248 g/mol. The van der Waals surface area contributed by atoms with E-state index in [9.17, 15) is 14.4 Å². The van der Waals surface area contributed by atoms with Crippen LogP contribution in [0.25, 0.3) is 0 Å². The van der Waals surface area contributed by atoms with Crippen molar-refractivity contribution in [2.24, 2.45) is 5.73 Å². The maximum Gasteiger partial charge on any atom is 0.332 e. The first-order chi connectivity index (χ1) is 8.95. The summed E-state index contributed by atoms with van der Waals surface area (Å²) in [6.07, 6.45) is 0. The van der Waals surface area contributed by atoms with Gasteiger partial charge in [-0.05, 0) is 26.0 Å². The predicted octanol–water partition coefficient (Wildman–Crippen LogP) is 0.718. The average Bonchev–Trinajstić information content (AvgIpc) is 2.38. The van der Waals surface area contributed by atoms with Crippen LogP contribution in [0.15, 0.2) is 24.3 Å². The number of carbonyl (C=O) groups is 3. The molecule has 0 fully saturated rings. The number of Topliss-reactive ketones (excluding diaryl/α,β-unsaturated/α-hetero) is 1. The topological polar surface area (TPSA) is 98.5 Å². The first-order valence-electron chi connectivity index (χ1n) is 5.79. The molecule has 1 rings (SSSR count). The molecule has 6 nitrogen and oxygen atoms in total. The van der Waals surface area contributed by atoms with Gasteiger partial charge < -0.3 is 15.8 Å². The van der Waals surface area contributed by atoms with Crippen molar-refractivity contribution in [1.29, 1.82) is 0 Å². The molecule has 102 valence electrons. The lowest BCUT2D eigenvalue weighted by molar-refractivity contribution is -0.146. The van der Waals surface area contributed by atoms with E-state index in [0.717, 1.165) is 0 Å². The van der Waals surface area contributed by atoms with E-state index < -0.39 is 17.9 Å². The molecule has 0 saturated carbocycles. The highest BCUT2D eigenvalue weighted by Gasteiger charge is 2.23. The van der Waals surface area contributed by atoms with E-state index in [2.05, 4.69) is 10.1 Å². The van der Waals surface area contributed by atoms with E-state index >= 15 is 0 Å². The van der Waals surface area contributed by atoms with Crippen LogP contribution < -0.4 is 11.1 Å². The van der Waals surface area contributed by atoms with Gasteiger partial charge in [-0.15, -0.1) is 0 Å². The fraction of sp³-hybridized carbons (Fsp3) is 0.308. The summed E-state index contributed by atoms with van der Waals surface area (Å²) >= 11 is 0. The Morgan fingerprint density at radius 1 is 1.37 bits per heavy atom. The van der Waals surface area contributed by atoms with Crippen LogP contribution >= 0.6 is 0 Å². The van der Waals surface area contributed by atoms with Gasteiger partial charge in [-0.25, -0.2) is 4.79 Å². The first-order valence-corrected chi connectivity index (χ1v) is 5.79. The number of amides is 1. The summed E-state index contributed by atoms with van der Waals surface area (Å²) in [6, 6.07) is 4.98. The second-order valence-electron chi connectivity index (χ2n) is 3.86. The number of benzene rings is 1. The third kappa shape index (κ3) is 4.18. The van der Waals surface area contributed by atoms with Gasteiger partial charge in [0.2, 0.25) is 0 Å². The van der Waals surface area contributed by atoms with Gasteiger partial charge >= 0.3 is 5.97 Å². The van der Waals surface area contributed by atoms with Gasteiger partial charge in [0.15, 0.2) is 11.8 Å². The Morgan fingerprint density at radius 3 is 2.63 bits per heavy atom. The second kappa shape index (κ2) is 6.65. The van der Waals surface area contributed by atoms with E-state index in [1.54, 1.807) is 25.1 Å². The summed E-state index contributed by atoms with van der Waals surface area (Å²) in [5, 5.41) is 2.46. The lowest BCUT2D eigenvalue weighted by Gasteiger charge is -2.11. The Bertz CT molecular complexity index is 499. The number of carbonyl (C=O) groups excluding carboxylic acids is 3. The Kier molecular flexibility index (Phi) is 5.20. The minimum Gasteiger partial charge on any atom is -0.464 e. The molecule has 1 amide bonds. The molecule has 0 aliphatic carbocycles. The number of rotatable bonds is 5. The van der Waals surface area contributed by atoms with E-state index in [1.165, 1.54) is 13.0 Å². The van der Waals surface area contributed by atoms with Crippen molar-refractivity contribution in [3.8, 4) is 0 Å². The molecule has 0 aliphatic heterocycles. The average molecular weight is 264 g/mol. The van der Waals surface area contributed by atoms with Crippen molar-refractivity contribution < 1.29 is 19.1 Å². The molecule has 0 heterocycles. The summed E-state index contributed by atoms with van der Waals surface area (Å²) in [5.41, 5.74) is 6.30. The lowest BCUT2D eigenvalue weighted by Crippen LogP contribution is -2.43. The van der Waals surface area contributed by atoms with Crippen molar-refractivity contribution in [2.45, 2.75) is 19.9 Å². The van der Waals surface area contributed by atoms with E-state index in [1.807, 2.05) is 0 Å². The zero-order chi connectivity index (χ0) is 14.4. The lowest BCUT2D eigenvalue weighted by atomic mass is 10.1. The molecule has 1 aromatic rings. The minimum absolute atomic E-state index is 0.120. The minimum atomic E-state index is -1.39. The van der Waals surface area contributed by atoms with E-state index in [0.29, 0.717) is 11.3 Å². The molecule has 0 radical (unpaired) electrons. The highest BCUT2D eigenvalue weighted by atomic mass is 16.5. The zero-order valence-electron chi connectivity index (χ0n) is 10.8. The molecular formula is C13H16N2O4. The second-order valence-corrected chi connectivity index (χ2v) is 3.86. The largest absolute Gasteiger partial charge is 0.464 e. The third-order valence-corrected chi connectivity index (χ3v) is 2.36. The molecule has 6 heteroatoms. The number of ketones is 1. The Morgan fingerprint density at radius 2 is 2.05 bits per heavy atom. The smallest absolute Gasteiger partial charge is 0.332 e. The number of anilines is 1. The standard InChI is InChI=1S/C13H16N2O4/c1-3-19-13(18)11(14)12(17)15-10-6-4-5-9(7-10)8(2)16/h4-7,11H,3,14H2,1-2H3,(H,15,17). The third-order valence-electron chi connectivity index (χ3n) is 2.36. The van der Waals surface area contributed by atoms with Crippen LogP contribution in [0, 0.1) is 0 Å². The molecule has 1 aromatic carbocycles. The number of ether oxygens (including phenoxy) is 1. The summed E-state index contributed by atoms with van der Waals surface area (Å²) in [6.45, 7) is 3.20. The van der Waals surface area contributed by atoms with Gasteiger partial charge in [0.05, 0.1) is 6.61 Å². The maximum atomic E-state index is 11.7. The summed E-state index contributed by atoms with van der Waals surface area (Å²) < 4.78 is 4.65. The Labute approximate surface area is 110 Å². The van der Waals surface area contributed by atoms with Gasteiger partial charge in [-0.3, -0.25) is 9.59 Å². The number of nitrogens with two attached hydrogens (primary N) is 1. The van der Waals surface area contributed by atoms with Crippen LogP contribution in [0.5, 0.6) is 0 Å². The molecule has 19 heavy (non-hydrogen) atoms. The SMILES string of the molecule is CCOC(=O)C(N)C(=O)Nc1cccc(C(C)=O)c1. The van der Waals surface area contributed by atoms with Gasteiger partial charge in [-0.2, -0.15) is 0 Å². The first kappa shape index (κ1) is 14.8. The van der Waals surface area contributed by atoms with Crippen LogP contribution in [-0.2, 0) is 14.3 Å². The van der Waals surface area contributed by atoms with Gasteiger partial charge in [0.1, 0.15) is 0 Å². The van der Waals surface area contributed by atoms with Crippen molar-refractivity contribution in [1.82, 2.24) is 0 Å². The normalized spacial score (nSPS) is 11.5. The number of esters is 1. The van der Waals surface area contributed by atoms with Gasteiger partial charge in [-0.1, -0.05) is 12.1 Å². The van der Waals surface area contributed by atoms with E-state index in [4.69, 9.17) is 5.73 Å². The van der Waals surface area contributed by atoms with Crippen LogP contribution in [0.3, 0.4) is 0 Å². The number of hydrogen-bond acceptors (Lipinski definition) is 5. The van der Waals surface area contributed by atoms with Crippen molar-refractivity contribution in [3.63, 3.8) is 0 Å². The molecule has 1 unspecified atom stereocenters. The highest BCUT2D eigenvalue weighted by molar-refractivity contribution is 6.08. The fourth-order valence-electron chi connectivity index (χ4n) is 1.38. The molecule has 0 spiro atoms. The predicted molar refractivity (Wildman–Crippen MR) is 69.7 cm³/mol. The molecule has 3 N–H and O–H groups in total. The molecule has 1 atom stereocenters. The number of nitrogens with one attached hydrogen (secondary N) is 1. The Balaban J connectivity index is 2.74. The van der Waals surface area contributed by atoms with Gasteiger partial charge in [0.25, 0.3) is 5.91 Å². The van der Waals surface area contributed by atoms with Crippen molar-refractivity contribution >= 4 is 23.3 Å². The van der Waals surface area contributed by atoms with Gasteiger partial charge in [0, 0.05) is 11.3 Å². The van der Waals surface area contributed by atoms with Crippen molar-refractivity contribution in [2.75, 3.05) is 11.9 Å². The Hall–Kier alpha value is -2.21. The molecule has 0 saturated heterocycles. The monoisotopic (exact) mass is 264 g/mol. The summed E-state index contributed by atoms with van der Waals surface area (Å²) in [4.78, 5) is 34.2. The van der Waals surface area contributed by atoms with Crippen LogP contribution in [0.4, 0.5) is 5.69 Å². The van der Waals surface area contributed by atoms with Crippen LogP contribution in [-0.4, -0.2) is 30.3 Å². The van der Waals surface area contributed by atoms with Crippen LogP contribution in [0.1, 0.15) is 24.2 Å². The quantitative estimate of drug-likeness (QED) is 0.464. The summed E-state index contributed by atoms with van der Waals surface area (Å²) in [5.74, 6) is -1.59. The highest BCUT2D eigenvalue weighted by Crippen LogP contribution is 2.11.